The van der Waals surface area contributed by atoms with Gasteiger partial charge in [0.05, 0.1) is 10.6 Å². The van der Waals surface area contributed by atoms with E-state index in [9.17, 15) is 17.6 Å². The number of hydrogen-bond acceptors (Lipinski definition) is 5. The van der Waals surface area contributed by atoms with Crippen LogP contribution in [0, 0.1) is 5.82 Å². The smallest absolute Gasteiger partial charge is 0.264 e. The number of sulfonamides is 1. The van der Waals surface area contributed by atoms with E-state index in [4.69, 9.17) is 9.47 Å². The van der Waals surface area contributed by atoms with Crippen molar-refractivity contribution in [1.82, 2.24) is 5.32 Å². The van der Waals surface area contributed by atoms with Crippen LogP contribution in [0.3, 0.4) is 0 Å². The van der Waals surface area contributed by atoms with Gasteiger partial charge in [-0.15, -0.1) is 0 Å². The summed E-state index contributed by atoms with van der Waals surface area (Å²) in [7, 11) is -4.18. The molecule has 0 bridgehead atoms. The maximum Gasteiger partial charge on any atom is 0.264 e. The molecule has 1 saturated carbocycles. The standard InChI is InChI=1S/C23H27FN2O5S/c24-17-6-5-9-19(14-17)26(16-23(27)25-18-7-3-1-2-4-8-18)32(28,29)20-10-11-21-22(15-20)31-13-12-30-21/h5-6,9-11,14-15,18H,1-4,7-8,12-13,16H2,(H,25,27). The molecular formula is C23H27FN2O5S. The fourth-order valence-corrected chi connectivity index (χ4v) is 5.51. The first-order valence-electron chi connectivity index (χ1n) is 10.9. The molecule has 0 unspecified atom stereocenters. The van der Waals surface area contributed by atoms with Crippen molar-refractivity contribution in [3.05, 3.63) is 48.3 Å². The minimum Gasteiger partial charge on any atom is -0.486 e. The number of benzene rings is 2. The molecule has 1 aliphatic carbocycles. The third kappa shape index (κ3) is 5.15. The molecule has 1 amide bonds. The molecule has 4 rings (SSSR count). The van der Waals surface area contributed by atoms with Crippen molar-refractivity contribution < 1.29 is 27.1 Å². The van der Waals surface area contributed by atoms with E-state index in [1.54, 1.807) is 0 Å². The molecule has 2 aromatic rings. The molecule has 1 aliphatic heterocycles. The summed E-state index contributed by atoms with van der Waals surface area (Å²) in [4.78, 5) is 12.8. The SMILES string of the molecule is O=C(CN(c1cccc(F)c1)S(=O)(=O)c1ccc2c(c1)OCCO2)NC1CCCCCC1. The number of carbonyl (C=O) groups excluding carboxylic acids is 1. The van der Waals surface area contributed by atoms with Gasteiger partial charge in [0, 0.05) is 12.1 Å². The Morgan fingerprint density at radius 1 is 1.00 bits per heavy atom. The first-order valence-corrected chi connectivity index (χ1v) is 12.3. The number of fused-ring (bicyclic) bond motifs is 1. The van der Waals surface area contributed by atoms with Crippen LogP contribution in [-0.2, 0) is 14.8 Å². The highest BCUT2D eigenvalue weighted by atomic mass is 32.2. The molecule has 0 radical (unpaired) electrons. The van der Waals surface area contributed by atoms with Crippen LogP contribution in [0.25, 0.3) is 0 Å². The summed E-state index contributed by atoms with van der Waals surface area (Å²) in [5, 5.41) is 2.96. The molecule has 0 saturated heterocycles. The van der Waals surface area contributed by atoms with Crippen LogP contribution < -0.4 is 19.1 Å². The van der Waals surface area contributed by atoms with Crippen LogP contribution >= 0.6 is 0 Å². The zero-order chi connectivity index (χ0) is 22.6. The Balaban J connectivity index is 1.62. The second kappa shape index (κ2) is 9.77. The molecule has 1 heterocycles. The van der Waals surface area contributed by atoms with Gasteiger partial charge < -0.3 is 14.8 Å². The molecule has 0 atom stereocenters. The molecule has 2 aromatic carbocycles. The second-order valence-corrected chi connectivity index (χ2v) is 9.92. The average Bonchev–Trinajstić information content (AvgIpc) is 3.05. The van der Waals surface area contributed by atoms with Gasteiger partial charge in [-0.25, -0.2) is 12.8 Å². The van der Waals surface area contributed by atoms with Gasteiger partial charge in [-0.3, -0.25) is 9.10 Å². The van der Waals surface area contributed by atoms with E-state index in [1.165, 1.54) is 36.4 Å². The maximum absolute atomic E-state index is 13.9. The number of ether oxygens (including phenoxy) is 2. The fraction of sp³-hybridized carbons (Fsp3) is 0.435. The molecule has 32 heavy (non-hydrogen) atoms. The predicted octanol–water partition coefficient (Wildman–Crippen LogP) is 3.63. The number of hydrogen-bond donors (Lipinski definition) is 1. The highest BCUT2D eigenvalue weighted by Gasteiger charge is 2.30. The Labute approximate surface area is 187 Å². The summed E-state index contributed by atoms with van der Waals surface area (Å²) < 4.78 is 52.9. The van der Waals surface area contributed by atoms with Crippen molar-refractivity contribution in [1.29, 1.82) is 0 Å². The highest BCUT2D eigenvalue weighted by molar-refractivity contribution is 7.92. The third-order valence-electron chi connectivity index (χ3n) is 5.71. The van der Waals surface area contributed by atoms with Gasteiger partial charge in [0.15, 0.2) is 11.5 Å². The maximum atomic E-state index is 13.9. The van der Waals surface area contributed by atoms with E-state index in [0.29, 0.717) is 24.7 Å². The predicted molar refractivity (Wildman–Crippen MR) is 118 cm³/mol. The van der Waals surface area contributed by atoms with Gasteiger partial charge in [0.1, 0.15) is 25.6 Å². The average molecular weight is 463 g/mol. The van der Waals surface area contributed by atoms with Crippen molar-refractivity contribution >= 4 is 21.6 Å². The van der Waals surface area contributed by atoms with E-state index in [1.807, 2.05) is 0 Å². The molecule has 9 heteroatoms. The first-order chi connectivity index (χ1) is 15.4. The monoisotopic (exact) mass is 462 g/mol. The molecule has 0 spiro atoms. The zero-order valence-corrected chi connectivity index (χ0v) is 18.6. The third-order valence-corrected chi connectivity index (χ3v) is 7.48. The molecule has 7 nitrogen and oxygen atoms in total. The Morgan fingerprint density at radius 3 is 2.44 bits per heavy atom. The summed E-state index contributed by atoms with van der Waals surface area (Å²) in [5.41, 5.74) is 0.0795. The number of halogens is 1. The Hall–Kier alpha value is -2.81. The van der Waals surface area contributed by atoms with Gasteiger partial charge in [-0.1, -0.05) is 31.7 Å². The largest absolute Gasteiger partial charge is 0.486 e. The van der Waals surface area contributed by atoms with Crippen molar-refractivity contribution in [2.45, 2.75) is 49.5 Å². The summed E-state index contributed by atoms with van der Waals surface area (Å²) in [5.74, 6) is -0.227. The summed E-state index contributed by atoms with van der Waals surface area (Å²) >= 11 is 0. The lowest BCUT2D eigenvalue weighted by molar-refractivity contribution is -0.120. The van der Waals surface area contributed by atoms with Gasteiger partial charge in [0.25, 0.3) is 10.0 Å². The van der Waals surface area contributed by atoms with Crippen molar-refractivity contribution in [2.75, 3.05) is 24.1 Å². The number of nitrogens with zero attached hydrogens (tertiary/aromatic N) is 1. The molecule has 1 N–H and O–H groups in total. The van der Waals surface area contributed by atoms with Gasteiger partial charge >= 0.3 is 0 Å². The van der Waals surface area contributed by atoms with Gasteiger partial charge in [0.2, 0.25) is 5.91 Å². The van der Waals surface area contributed by atoms with E-state index >= 15 is 0 Å². The summed E-state index contributed by atoms with van der Waals surface area (Å²) in [6.45, 7) is 0.250. The Bertz CT molecular complexity index is 1070. The fourth-order valence-electron chi connectivity index (χ4n) is 4.09. The van der Waals surface area contributed by atoms with Crippen LogP contribution in [-0.4, -0.2) is 40.1 Å². The summed E-state index contributed by atoms with van der Waals surface area (Å²) in [6.07, 6.45) is 6.10. The molecule has 0 aromatic heterocycles. The lowest BCUT2D eigenvalue weighted by Crippen LogP contribution is -2.44. The number of nitrogens with one attached hydrogen (secondary N) is 1. The lowest BCUT2D eigenvalue weighted by atomic mass is 10.1. The quantitative estimate of drug-likeness (QED) is 0.663. The Kier molecular flexibility index (Phi) is 6.83. The van der Waals surface area contributed by atoms with Crippen LogP contribution in [0.2, 0.25) is 0 Å². The van der Waals surface area contributed by atoms with Crippen molar-refractivity contribution in [3.63, 3.8) is 0 Å². The minimum absolute atomic E-state index is 0.0244. The van der Waals surface area contributed by atoms with Crippen LogP contribution in [0.1, 0.15) is 38.5 Å². The van der Waals surface area contributed by atoms with E-state index < -0.39 is 28.3 Å². The first kappa shape index (κ1) is 22.4. The van der Waals surface area contributed by atoms with Crippen LogP contribution in [0.4, 0.5) is 10.1 Å². The van der Waals surface area contributed by atoms with E-state index in [2.05, 4.69) is 5.32 Å². The van der Waals surface area contributed by atoms with E-state index in [0.717, 1.165) is 48.9 Å². The molecular weight excluding hydrogens is 435 g/mol. The number of anilines is 1. The van der Waals surface area contributed by atoms with Crippen molar-refractivity contribution in [3.8, 4) is 11.5 Å². The van der Waals surface area contributed by atoms with E-state index in [-0.39, 0.29) is 16.6 Å². The Morgan fingerprint density at radius 2 is 1.72 bits per heavy atom. The number of carbonyl (C=O) groups is 1. The highest BCUT2D eigenvalue weighted by Crippen LogP contribution is 2.34. The molecule has 172 valence electrons. The lowest BCUT2D eigenvalue weighted by Gasteiger charge is -2.26. The second-order valence-electron chi connectivity index (χ2n) is 8.05. The minimum atomic E-state index is -4.18. The molecule has 2 aliphatic rings. The number of amides is 1. The van der Waals surface area contributed by atoms with Gasteiger partial charge in [-0.2, -0.15) is 0 Å². The topological polar surface area (TPSA) is 84.9 Å². The summed E-state index contributed by atoms with van der Waals surface area (Å²) in [6, 6.07) is 9.54. The molecule has 1 fully saturated rings. The normalized spacial score (nSPS) is 16.8. The zero-order valence-electron chi connectivity index (χ0n) is 17.8. The van der Waals surface area contributed by atoms with Crippen LogP contribution in [0.15, 0.2) is 47.4 Å². The number of rotatable bonds is 6. The van der Waals surface area contributed by atoms with Crippen LogP contribution in [0.5, 0.6) is 11.5 Å². The van der Waals surface area contributed by atoms with Crippen molar-refractivity contribution in [2.24, 2.45) is 0 Å². The van der Waals surface area contributed by atoms with Gasteiger partial charge in [-0.05, 0) is 43.2 Å².